The summed E-state index contributed by atoms with van der Waals surface area (Å²) < 4.78 is 0. The Kier molecular flexibility index (Phi) is 3.06. The number of hydrogen-bond acceptors (Lipinski definition) is 5. The number of rotatable bonds is 4. The molecule has 0 fully saturated rings. The largest absolute Gasteiger partial charge is 0.397 e. The quantitative estimate of drug-likeness (QED) is 0.486. The van der Waals surface area contributed by atoms with Crippen molar-refractivity contribution in [3.63, 3.8) is 0 Å². The normalized spacial score (nSPS) is 9.60. The second kappa shape index (κ2) is 4.27. The van der Waals surface area contributed by atoms with Crippen LogP contribution < -0.4 is 22.5 Å². The van der Waals surface area contributed by atoms with Gasteiger partial charge in [-0.25, -0.2) is 4.98 Å². The van der Waals surface area contributed by atoms with Gasteiger partial charge >= 0.3 is 0 Å². The molecule has 0 unspecified atom stereocenters. The summed E-state index contributed by atoms with van der Waals surface area (Å²) in [6, 6.07) is 1.37. The van der Waals surface area contributed by atoms with Gasteiger partial charge in [0.15, 0.2) is 0 Å². The summed E-state index contributed by atoms with van der Waals surface area (Å²) in [5.74, 6) is -1.05. The van der Waals surface area contributed by atoms with Gasteiger partial charge in [0.1, 0.15) is 5.82 Å². The number of carbonyl (C=O) groups excluding carboxylic acids is 2. The van der Waals surface area contributed by atoms with Crippen molar-refractivity contribution in [2.24, 2.45) is 11.5 Å². The van der Waals surface area contributed by atoms with Crippen LogP contribution in [0.5, 0.6) is 0 Å². The van der Waals surface area contributed by atoms with E-state index in [-0.39, 0.29) is 17.9 Å². The van der Waals surface area contributed by atoms with Crippen LogP contribution in [-0.2, 0) is 4.79 Å². The number of nitrogens with zero attached hydrogens (tertiary/aromatic N) is 1. The zero-order valence-corrected chi connectivity index (χ0v) is 7.86. The molecule has 7 nitrogen and oxygen atoms in total. The highest BCUT2D eigenvalue weighted by Crippen LogP contribution is 2.14. The molecule has 0 spiro atoms. The van der Waals surface area contributed by atoms with Crippen LogP contribution in [0, 0.1) is 0 Å². The van der Waals surface area contributed by atoms with Crippen molar-refractivity contribution in [1.29, 1.82) is 0 Å². The number of nitrogens with two attached hydrogens (primary N) is 3. The highest BCUT2D eigenvalue weighted by Gasteiger charge is 2.10. The third-order valence-electron chi connectivity index (χ3n) is 1.60. The molecular weight excluding hydrogens is 198 g/mol. The van der Waals surface area contributed by atoms with Crippen LogP contribution in [0.15, 0.2) is 12.3 Å². The average molecular weight is 209 g/mol. The predicted octanol–water partition coefficient (Wildman–Crippen LogP) is -1.34. The topological polar surface area (TPSA) is 137 Å². The van der Waals surface area contributed by atoms with Gasteiger partial charge in [0.25, 0.3) is 5.91 Å². The maximum atomic E-state index is 11.0. The lowest BCUT2D eigenvalue weighted by Crippen LogP contribution is -2.24. The van der Waals surface area contributed by atoms with E-state index in [0.717, 1.165) is 0 Å². The first kappa shape index (κ1) is 10.8. The van der Waals surface area contributed by atoms with Crippen LogP contribution in [0.4, 0.5) is 11.5 Å². The summed E-state index contributed by atoms with van der Waals surface area (Å²) in [5, 5.41) is 2.58. The fourth-order valence-electron chi connectivity index (χ4n) is 0.980. The van der Waals surface area contributed by atoms with Crippen LogP contribution in [0.25, 0.3) is 0 Å². The Labute approximate surface area is 85.6 Å². The first-order valence-corrected chi connectivity index (χ1v) is 4.08. The third-order valence-corrected chi connectivity index (χ3v) is 1.60. The number of primary amides is 2. The van der Waals surface area contributed by atoms with Gasteiger partial charge in [-0.1, -0.05) is 0 Å². The van der Waals surface area contributed by atoms with E-state index in [1.165, 1.54) is 12.3 Å². The summed E-state index contributed by atoms with van der Waals surface area (Å²) in [7, 11) is 0. The molecule has 0 saturated carbocycles. The number of carbonyl (C=O) groups is 2. The molecule has 0 atom stereocenters. The van der Waals surface area contributed by atoms with Crippen molar-refractivity contribution in [2.45, 2.75) is 0 Å². The van der Waals surface area contributed by atoms with Gasteiger partial charge in [-0.2, -0.15) is 0 Å². The van der Waals surface area contributed by atoms with E-state index in [4.69, 9.17) is 17.2 Å². The third kappa shape index (κ3) is 2.83. The molecule has 0 bridgehead atoms. The van der Waals surface area contributed by atoms with E-state index in [0.29, 0.717) is 5.69 Å². The van der Waals surface area contributed by atoms with Crippen LogP contribution >= 0.6 is 0 Å². The van der Waals surface area contributed by atoms with Crippen molar-refractivity contribution in [3.8, 4) is 0 Å². The predicted molar refractivity (Wildman–Crippen MR) is 54.9 cm³/mol. The smallest absolute Gasteiger partial charge is 0.252 e. The molecule has 80 valence electrons. The molecule has 1 rings (SSSR count). The molecule has 0 aliphatic rings. The van der Waals surface area contributed by atoms with E-state index in [1.54, 1.807) is 0 Å². The van der Waals surface area contributed by atoms with Crippen molar-refractivity contribution < 1.29 is 9.59 Å². The summed E-state index contributed by atoms with van der Waals surface area (Å²) in [5.41, 5.74) is 15.9. The fraction of sp³-hybridized carbons (Fsp3) is 0.125. The van der Waals surface area contributed by atoms with E-state index >= 15 is 0 Å². The van der Waals surface area contributed by atoms with E-state index in [9.17, 15) is 9.59 Å². The number of nitrogens with one attached hydrogen (secondary N) is 1. The van der Waals surface area contributed by atoms with Crippen molar-refractivity contribution >= 4 is 23.3 Å². The summed E-state index contributed by atoms with van der Waals surface area (Å²) in [4.78, 5) is 25.3. The molecule has 0 aliphatic carbocycles. The molecule has 1 aromatic rings. The number of nitrogen functional groups attached to an aromatic ring is 1. The zero-order chi connectivity index (χ0) is 11.4. The highest BCUT2D eigenvalue weighted by atomic mass is 16.1. The number of pyridine rings is 1. The Balaban J connectivity index is 2.95. The van der Waals surface area contributed by atoms with Gasteiger partial charge in [0, 0.05) is 0 Å². The molecule has 0 aliphatic heterocycles. The van der Waals surface area contributed by atoms with Crippen molar-refractivity contribution in [3.05, 3.63) is 17.8 Å². The average Bonchev–Trinajstić information content (AvgIpc) is 2.15. The maximum absolute atomic E-state index is 11.0. The molecule has 1 heterocycles. The second-order valence-corrected chi connectivity index (χ2v) is 2.85. The molecule has 1 aromatic heterocycles. The Morgan fingerprint density at radius 3 is 2.60 bits per heavy atom. The summed E-state index contributed by atoms with van der Waals surface area (Å²) >= 11 is 0. The number of amides is 2. The Bertz CT molecular complexity index is 404. The minimum Gasteiger partial charge on any atom is -0.397 e. The molecule has 0 saturated heterocycles. The van der Waals surface area contributed by atoms with Gasteiger partial charge in [-0.3, -0.25) is 9.59 Å². The van der Waals surface area contributed by atoms with Crippen molar-refractivity contribution in [2.75, 3.05) is 17.6 Å². The van der Waals surface area contributed by atoms with Gasteiger partial charge < -0.3 is 22.5 Å². The lowest BCUT2D eigenvalue weighted by Gasteiger charge is -2.07. The molecular formula is C8H11N5O2. The van der Waals surface area contributed by atoms with E-state index < -0.39 is 11.8 Å². The van der Waals surface area contributed by atoms with Crippen LogP contribution in [-0.4, -0.2) is 23.3 Å². The van der Waals surface area contributed by atoms with Gasteiger partial charge in [-0.05, 0) is 6.07 Å². The molecule has 2 amide bonds. The molecule has 0 radical (unpaired) electrons. The van der Waals surface area contributed by atoms with E-state index in [1.807, 2.05) is 0 Å². The SMILES string of the molecule is NC(=O)CNc1ncc(N)cc1C(N)=O. The Morgan fingerprint density at radius 1 is 1.40 bits per heavy atom. The minimum atomic E-state index is -0.679. The highest BCUT2D eigenvalue weighted by molar-refractivity contribution is 5.98. The molecule has 7 N–H and O–H groups in total. The second-order valence-electron chi connectivity index (χ2n) is 2.85. The molecule has 7 heteroatoms. The van der Waals surface area contributed by atoms with Gasteiger partial charge in [-0.15, -0.1) is 0 Å². The van der Waals surface area contributed by atoms with E-state index in [2.05, 4.69) is 10.3 Å². The van der Waals surface area contributed by atoms with Crippen LogP contribution in [0.2, 0.25) is 0 Å². The number of aromatic nitrogens is 1. The molecule has 0 aromatic carbocycles. The first-order valence-electron chi connectivity index (χ1n) is 4.08. The van der Waals surface area contributed by atoms with Crippen molar-refractivity contribution in [1.82, 2.24) is 4.98 Å². The molecule has 15 heavy (non-hydrogen) atoms. The van der Waals surface area contributed by atoms with Gasteiger partial charge in [0.05, 0.1) is 24.0 Å². The summed E-state index contributed by atoms with van der Waals surface area (Å²) in [6.45, 7) is -0.128. The maximum Gasteiger partial charge on any atom is 0.252 e. The Hall–Kier alpha value is -2.31. The minimum absolute atomic E-state index is 0.122. The Morgan fingerprint density at radius 2 is 2.07 bits per heavy atom. The standard InChI is InChI=1S/C8H11N5O2/c9-4-1-5(7(11)15)8(12-2-4)13-3-6(10)14/h1-2H,3,9H2,(H2,10,14)(H2,11,15)(H,12,13). The first-order chi connectivity index (χ1) is 7.00. The monoisotopic (exact) mass is 209 g/mol. The number of hydrogen-bond donors (Lipinski definition) is 4. The fourth-order valence-corrected chi connectivity index (χ4v) is 0.980. The number of anilines is 2. The summed E-state index contributed by atoms with van der Waals surface area (Å²) in [6.07, 6.45) is 1.34. The van der Waals surface area contributed by atoms with Gasteiger partial charge in [0.2, 0.25) is 5.91 Å². The van der Waals surface area contributed by atoms with Crippen LogP contribution in [0.1, 0.15) is 10.4 Å². The lowest BCUT2D eigenvalue weighted by molar-refractivity contribution is -0.116. The lowest BCUT2D eigenvalue weighted by atomic mass is 10.2. The van der Waals surface area contributed by atoms with Crippen LogP contribution in [0.3, 0.4) is 0 Å². The zero-order valence-electron chi connectivity index (χ0n) is 7.86.